The number of rotatable bonds is 6. The normalized spacial score (nSPS) is 15.9. The summed E-state index contributed by atoms with van der Waals surface area (Å²) in [6.07, 6.45) is 2.38. The first-order chi connectivity index (χ1) is 15.3. The predicted octanol–water partition coefficient (Wildman–Crippen LogP) is 3.72. The number of methoxy groups -OCH3 is 2. The van der Waals surface area contributed by atoms with E-state index in [1.165, 1.54) is 6.07 Å². The van der Waals surface area contributed by atoms with Crippen molar-refractivity contribution in [3.63, 3.8) is 0 Å². The molecule has 0 fully saturated rings. The second kappa shape index (κ2) is 8.42. The minimum Gasteiger partial charge on any atom is -0.493 e. The Balaban J connectivity index is 1.63. The molecule has 2 heterocycles. The molecule has 4 rings (SSSR count). The number of Topliss-reactive ketones (excluding diaryl/α,β-unsaturated/α-hetero) is 1. The number of hydrogen-bond acceptors (Lipinski definition) is 7. The second-order valence-electron chi connectivity index (χ2n) is 8.00. The first kappa shape index (κ1) is 21.5. The number of carbonyl (C=O) groups excluding carboxylic acids is 1. The van der Waals surface area contributed by atoms with Crippen LogP contribution in [-0.4, -0.2) is 32.1 Å². The lowest BCUT2D eigenvalue weighted by Gasteiger charge is -2.32. The van der Waals surface area contributed by atoms with Crippen LogP contribution in [0, 0.1) is 0 Å². The maximum atomic E-state index is 13.2. The summed E-state index contributed by atoms with van der Waals surface area (Å²) in [7, 11) is 3.20. The Hall–Kier alpha value is -3.74. The Morgan fingerprint density at radius 1 is 1.00 bits per heavy atom. The average molecular weight is 435 g/mol. The Kier molecular flexibility index (Phi) is 5.65. The molecular weight excluding hydrogens is 410 g/mol. The van der Waals surface area contributed by atoms with Crippen LogP contribution >= 0.6 is 0 Å². The highest BCUT2D eigenvalue weighted by Crippen LogP contribution is 2.41. The topological polar surface area (TPSA) is 87.0 Å². The van der Waals surface area contributed by atoms with Crippen molar-refractivity contribution in [2.24, 2.45) is 0 Å². The Morgan fingerprint density at radius 2 is 1.75 bits per heavy atom. The largest absolute Gasteiger partial charge is 0.493 e. The lowest BCUT2D eigenvalue weighted by Crippen LogP contribution is -2.42. The van der Waals surface area contributed by atoms with Crippen LogP contribution in [0.2, 0.25) is 0 Å². The molecule has 32 heavy (non-hydrogen) atoms. The number of hydrogen-bond donors (Lipinski definition) is 1. The summed E-state index contributed by atoms with van der Waals surface area (Å²) in [5.41, 5.74) is 0.790. The van der Waals surface area contributed by atoms with Gasteiger partial charge in [-0.25, -0.2) is 4.79 Å². The molecule has 0 saturated carbocycles. The van der Waals surface area contributed by atoms with Gasteiger partial charge < -0.3 is 23.9 Å². The van der Waals surface area contributed by atoms with E-state index in [-0.39, 0.29) is 5.78 Å². The van der Waals surface area contributed by atoms with Gasteiger partial charge in [-0.2, -0.15) is 0 Å². The molecule has 1 aromatic heterocycles. The van der Waals surface area contributed by atoms with Crippen LogP contribution in [0.4, 0.5) is 0 Å². The zero-order valence-electron chi connectivity index (χ0n) is 18.5. The van der Waals surface area contributed by atoms with E-state index in [1.54, 1.807) is 46.4 Å². The number of nitrogens with one attached hydrogen (secondary N) is 1. The van der Waals surface area contributed by atoms with Gasteiger partial charge in [-0.15, -0.1) is 0 Å². The molecule has 166 valence electrons. The molecule has 7 heteroatoms. The van der Waals surface area contributed by atoms with Crippen LogP contribution in [0.3, 0.4) is 0 Å². The van der Waals surface area contributed by atoms with Crippen LogP contribution in [0.15, 0.2) is 57.9 Å². The van der Waals surface area contributed by atoms with Crippen LogP contribution in [0.5, 0.6) is 17.2 Å². The van der Waals surface area contributed by atoms with Crippen LogP contribution in [-0.2, 0) is 11.2 Å². The first-order valence-corrected chi connectivity index (χ1v) is 10.3. The van der Waals surface area contributed by atoms with Gasteiger partial charge in [0.15, 0.2) is 17.1 Å². The fourth-order valence-corrected chi connectivity index (χ4v) is 3.78. The fraction of sp³-hybridized carbons (Fsp3) is 0.280. The van der Waals surface area contributed by atoms with Crippen molar-refractivity contribution in [3.05, 3.63) is 70.2 Å². The van der Waals surface area contributed by atoms with E-state index >= 15 is 0 Å². The van der Waals surface area contributed by atoms with E-state index in [9.17, 15) is 9.59 Å². The van der Waals surface area contributed by atoms with E-state index in [2.05, 4.69) is 5.32 Å². The molecule has 0 atom stereocenters. The van der Waals surface area contributed by atoms with Gasteiger partial charge in [-0.1, -0.05) is 6.07 Å². The Bertz CT molecular complexity index is 1270. The van der Waals surface area contributed by atoms with Gasteiger partial charge in [-0.3, -0.25) is 4.79 Å². The van der Waals surface area contributed by atoms with Crippen molar-refractivity contribution in [1.29, 1.82) is 0 Å². The quantitative estimate of drug-likeness (QED) is 0.359. The summed E-state index contributed by atoms with van der Waals surface area (Å²) in [5.74, 6) is 1.65. The van der Waals surface area contributed by atoms with Gasteiger partial charge in [0.05, 0.1) is 25.4 Å². The smallest absolute Gasteiger partial charge is 0.336 e. The number of fused-ring (bicyclic) bond motifs is 3. The van der Waals surface area contributed by atoms with Gasteiger partial charge in [0.25, 0.3) is 0 Å². The summed E-state index contributed by atoms with van der Waals surface area (Å²) >= 11 is 0. The first-order valence-electron chi connectivity index (χ1n) is 10.3. The van der Waals surface area contributed by atoms with E-state index in [4.69, 9.17) is 18.6 Å². The maximum absolute atomic E-state index is 13.2. The molecule has 0 bridgehead atoms. The van der Waals surface area contributed by atoms with Crippen LogP contribution < -0.4 is 25.2 Å². The molecule has 0 spiro atoms. The predicted molar refractivity (Wildman–Crippen MR) is 121 cm³/mol. The zero-order valence-corrected chi connectivity index (χ0v) is 18.5. The van der Waals surface area contributed by atoms with Gasteiger partial charge in [0, 0.05) is 24.2 Å². The van der Waals surface area contributed by atoms with Crippen molar-refractivity contribution in [2.75, 3.05) is 20.8 Å². The van der Waals surface area contributed by atoms with Gasteiger partial charge in [0.2, 0.25) is 5.78 Å². The van der Waals surface area contributed by atoms with Crippen molar-refractivity contribution in [3.8, 4) is 17.2 Å². The minimum atomic E-state index is -1.04. The molecule has 0 amide bonds. The third-order valence-corrected chi connectivity index (χ3v) is 5.43. The summed E-state index contributed by atoms with van der Waals surface area (Å²) < 4.78 is 22.0. The number of ketones is 1. The maximum Gasteiger partial charge on any atom is 0.336 e. The fourth-order valence-electron chi connectivity index (χ4n) is 3.78. The second-order valence-corrected chi connectivity index (χ2v) is 8.00. The standard InChI is InChI=1S/C25H25NO6/c1-25(2)24(28)17(14-26-12-11-15-5-8-18(29-3)20(13-15)30-4)22-19(32-25)9-6-16-7-10-21(27)31-23(16)22/h5-10,13-14,26H,11-12H2,1-4H3. The molecule has 7 nitrogen and oxygen atoms in total. The Morgan fingerprint density at radius 3 is 2.50 bits per heavy atom. The van der Waals surface area contributed by atoms with Crippen LogP contribution in [0.25, 0.3) is 16.5 Å². The monoisotopic (exact) mass is 435 g/mol. The van der Waals surface area contributed by atoms with Gasteiger partial charge >= 0.3 is 5.63 Å². The summed E-state index contributed by atoms with van der Waals surface area (Å²) in [5, 5.41) is 3.95. The third-order valence-electron chi connectivity index (χ3n) is 5.43. The summed E-state index contributed by atoms with van der Waals surface area (Å²) in [4.78, 5) is 25.0. The molecule has 1 aliphatic heterocycles. The van der Waals surface area contributed by atoms with Gasteiger partial charge in [-0.05, 0) is 56.2 Å². The van der Waals surface area contributed by atoms with Crippen LogP contribution in [0.1, 0.15) is 25.0 Å². The molecule has 0 unspecified atom stereocenters. The number of carbonyl (C=O) groups is 1. The van der Waals surface area contributed by atoms with Crippen molar-refractivity contribution in [1.82, 2.24) is 5.32 Å². The summed E-state index contributed by atoms with van der Waals surface area (Å²) in [6, 6.07) is 12.4. The lowest BCUT2D eigenvalue weighted by molar-refractivity contribution is -0.126. The highest BCUT2D eigenvalue weighted by molar-refractivity contribution is 6.28. The molecular formula is C25H25NO6. The third kappa shape index (κ3) is 3.93. The number of ether oxygens (including phenoxy) is 3. The lowest BCUT2D eigenvalue weighted by atomic mass is 9.87. The average Bonchev–Trinajstić information content (AvgIpc) is 2.78. The SMILES string of the molecule is COc1ccc(CCNC=C2C(=O)C(C)(C)Oc3ccc4ccc(=O)oc4c32)cc1OC. The van der Waals surface area contributed by atoms with E-state index in [0.29, 0.717) is 46.9 Å². The zero-order chi connectivity index (χ0) is 22.9. The molecule has 0 radical (unpaired) electrons. The van der Waals surface area contributed by atoms with Crippen molar-refractivity contribution in [2.45, 2.75) is 25.9 Å². The van der Waals surface area contributed by atoms with Gasteiger partial charge in [0.1, 0.15) is 11.3 Å². The molecule has 2 aromatic carbocycles. The summed E-state index contributed by atoms with van der Waals surface area (Å²) in [6.45, 7) is 4.03. The van der Waals surface area contributed by atoms with E-state index < -0.39 is 11.2 Å². The highest BCUT2D eigenvalue weighted by atomic mass is 16.5. The van der Waals surface area contributed by atoms with E-state index in [0.717, 1.165) is 10.9 Å². The molecule has 3 aromatic rings. The van der Waals surface area contributed by atoms with Crippen molar-refractivity contribution >= 4 is 22.3 Å². The minimum absolute atomic E-state index is 0.192. The molecule has 1 aliphatic rings. The Labute approximate surface area is 185 Å². The number of benzene rings is 2. The van der Waals surface area contributed by atoms with E-state index in [1.807, 2.05) is 24.3 Å². The molecule has 1 N–H and O–H groups in total. The van der Waals surface area contributed by atoms with Crippen molar-refractivity contribution < 1.29 is 23.4 Å². The highest BCUT2D eigenvalue weighted by Gasteiger charge is 2.40. The molecule has 0 saturated heterocycles. The molecule has 0 aliphatic carbocycles.